The van der Waals surface area contributed by atoms with Crippen LogP contribution in [0.3, 0.4) is 0 Å². The van der Waals surface area contributed by atoms with Gasteiger partial charge in [0.2, 0.25) is 0 Å². The minimum atomic E-state index is -0.182. The van der Waals surface area contributed by atoms with Crippen molar-refractivity contribution in [1.82, 2.24) is 4.40 Å². The number of carbonyl (C=O) groups is 1. The molecule has 1 aliphatic carbocycles. The van der Waals surface area contributed by atoms with Crippen molar-refractivity contribution < 1.29 is 9.53 Å². The molecule has 18 heavy (non-hydrogen) atoms. The highest BCUT2D eigenvalue weighted by Gasteiger charge is 2.19. The largest absolute Gasteiger partial charge is 0.463 e. The van der Waals surface area contributed by atoms with E-state index in [1.807, 2.05) is 25.1 Å². The van der Waals surface area contributed by atoms with Gasteiger partial charge in [0.05, 0.1) is 6.61 Å². The van der Waals surface area contributed by atoms with Crippen molar-refractivity contribution in [1.29, 1.82) is 0 Å². The van der Waals surface area contributed by atoms with Crippen LogP contribution in [0.4, 0.5) is 0 Å². The van der Waals surface area contributed by atoms with Gasteiger partial charge in [0, 0.05) is 23.0 Å². The first-order valence-electron chi connectivity index (χ1n) is 6.26. The van der Waals surface area contributed by atoms with Crippen LogP contribution in [0.1, 0.15) is 24.6 Å². The fourth-order valence-electron chi connectivity index (χ4n) is 2.49. The Kier molecular flexibility index (Phi) is 2.67. The van der Waals surface area contributed by atoms with E-state index in [1.54, 1.807) is 0 Å². The van der Waals surface area contributed by atoms with Crippen LogP contribution in [-0.4, -0.2) is 17.0 Å². The van der Waals surface area contributed by atoms with E-state index in [0.29, 0.717) is 6.61 Å². The van der Waals surface area contributed by atoms with E-state index in [4.69, 9.17) is 4.74 Å². The third-order valence-corrected chi connectivity index (χ3v) is 3.32. The van der Waals surface area contributed by atoms with E-state index < -0.39 is 0 Å². The van der Waals surface area contributed by atoms with E-state index in [9.17, 15) is 4.79 Å². The van der Waals surface area contributed by atoms with E-state index in [0.717, 1.165) is 24.0 Å². The molecule has 0 saturated carbocycles. The number of pyridine rings is 1. The first-order chi connectivity index (χ1) is 8.79. The lowest BCUT2D eigenvalue weighted by molar-refractivity contribution is -0.138. The lowest BCUT2D eigenvalue weighted by atomic mass is 9.98. The molecule has 0 unspecified atom stereocenters. The summed E-state index contributed by atoms with van der Waals surface area (Å²) < 4.78 is 7.24. The van der Waals surface area contributed by atoms with Crippen molar-refractivity contribution in [3.8, 4) is 0 Å². The number of rotatable bonds is 2. The average molecular weight is 241 g/mol. The topological polar surface area (TPSA) is 30.7 Å². The molecule has 1 aliphatic rings. The van der Waals surface area contributed by atoms with Gasteiger partial charge >= 0.3 is 5.97 Å². The van der Waals surface area contributed by atoms with Crippen LogP contribution in [0.5, 0.6) is 0 Å². The molecule has 2 aromatic rings. The standard InChI is InChI=1S/C15H15NO2/c1-2-18-15(17)11-6-7-14-12(9-11)10-13-5-3-4-8-16(13)14/h3-5,8-10H,2,6-7H2,1H3. The average Bonchev–Trinajstić information content (AvgIpc) is 2.76. The minimum absolute atomic E-state index is 0.182. The summed E-state index contributed by atoms with van der Waals surface area (Å²) in [5.41, 5.74) is 4.36. The van der Waals surface area contributed by atoms with Crippen molar-refractivity contribution in [3.05, 3.63) is 47.3 Å². The van der Waals surface area contributed by atoms with Gasteiger partial charge in [-0.05, 0) is 49.6 Å². The molecule has 0 fully saturated rings. The lowest BCUT2D eigenvalue weighted by Crippen LogP contribution is -2.11. The SMILES string of the molecule is CCOC(=O)C1=Cc2cc3ccccn3c2CC1. The molecule has 2 heterocycles. The predicted molar refractivity (Wildman–Crippen MR) is 70.3 cm³/mol. The quantitative estimate of drug-likeness (QED) is 0.757. The number of aryl methyl sites for hydroxylation is 1. The molecule has 0 spiro atoms. The molecule has 0 aromatic carbocycles. The van der Waals surface area contributed by atoms with Crippen LogP contribution in [-0.2, 0) is 16.0 Å². The van der Waals surface area contributed by atoms with Crippen LogP contribution >= 0.6 is 0 Å². The first-order valence-corrected chi connectivity index (χ1v) is 6.26. The van der Waals surface area contributed by atoms with Gasteiger partial charge < -0.3 is 9.14 Å². The van der Waals surface area contributed by atoms with Gasteiger partial charge in [-0.15, -0.1) is 0 Å². The van der Waals surface area contributed by atoms with Crippen LogP contribution < -0.4 is 0 Å². The van der Waals surface area contributed by atoms with Crippen molar-refractivity contribution in [2.45, 2.75) is 19.8 Å². The Balaban J connectivity index is 2.04. The second-order valence-corrected chi connectivity index (χ2v) is 4.43. The second kappa shape index (κ2) is 4.33. The maximum atomic E-state index is 11.7. The third kappa shape index (κ3) is 1.72. The normalized spacial score (nSPS) is 14.2. The number of hydrogen-bond donors (Lipinski definition) is 0. The molecule has 0 bridgehead atoms. The molecule has 3 rings (SSSR count). The van der Waals surface area contributed by atoms with Gasteiger partial charge in [-0.1, -0.05) is 6.07 Å². The molecular weight excluding hydrogens is 226 g/mol. The maximum absolute atomic E-state index is 11.7. The zero-order valence-electron chi connectivity index (χ0n) is 10.3. The number of ether oxygens (including phenoxy) is 1. The molecule has 0 N–H and O–H groups in total. The Bertz CT molecular complexity index is 637. The predicted octanol–water partition coefficient (Wildman–Crippen LogP) is 2.83. The Morgan fingerprint density at radius 2 is 2.28 bits per heavy atom. The van der Waals surface area contributed by atoms with Crippen LogP contribution in [0.25, 0.3) is 11.6 Å². The molecule has 0 amide bonds. The highest BCUT2D eigenvalue weighted by molar-refractivity contribution is 5.95. The Hall–Kier alpha value is -2.03. The maximum Gasteiger partial charge on any atom is 0.334 e. The van der Waals surface area contributed by atoms with Crippen molar-refractivity contribution in [2.75, 3.05) is 6.61 Å². The molecule has 0 saturated heterocycles. The molecule has 0 aliphatic heterocycles. The summed E-state index contributed by atoms with van der Waals surface area (Å²) in [6, 6.07) is 8.25. The van der Waals surface area contributed by atoms with Crippen molar-refractivity contribution in [2.24, 2.45) is 0 Å². The van der Waals surface area contributed by atoms with E-state index in [2.05, 4.69) is 22.7 Å². The van der Waals surface area contributed by atoms with Crippen molar-refractivity contribution in [3.63, 3.8) is 0 Å². The fourth-order valence-corrected chi connectivity index (χ4v) is 2.49. The number of fused-ring (bicyclic) bond motifs is 3. The molecule has 0 radical (unpaired) electrons. The number of nitrogens with zero attached hydrogens (tertiary/aromatic N) is 1. The van der Waals surface area contributed by atoms with E-state index in [1.165, 1.54) is 11.2 Å². The number of hydrogen-bond acceptors (Lipinski definition) is 2. The van der Waals surface area contributed by atoms with Gasteiger partial charge in [-0.25, -0.2) is 4.79 Å². The first kappa shape index (κ1) is 11.1. The van der Waals surface area contributed by atoms with Gasteiger partial charge in [-0.2, -0.15) is 0 Å². The zero-order chi connectivity index (χ0) is 12.5. The van der Waals surface area contributed by atoms with Crippen LogP contribution in [0.15, 0.2) is 36.0 Å². The molecular formula is C15H15NO2. The van der Waals surface area contributed by atoms with Crippen LogP contribution in [0.2, 0.25) is 0 Å². The summed E-state index contributed by atoms with van der Waals surface area (Å²) in [4.78, 5) is 11.7. The molecule has 92 valence electrons. The summed E-state index contributed by atoms with van der Waals surface area (Å²) in [5.74, 6) is -0.182. The van der Waals surface area contributed by atoms with Crippen LogP contribution in [0, 0.1) is 0 Å². The number of aromatic nitrogens is 1. The monoisotopic (exact) mass is 241 g/mol. The molecule has 3 heteroatoms. The summed E-state index contributed by atoms with van der Waals surface area (Å²) >= 11 is 0. The Morgan fingerprint density at radius 1 is 1.39 bits per heavy atom. The fraction of sp³-hybridized carbons (Fsp3) is 0.267. The zero-order valence-corrected chi connectivity index (χ0v) is 10.3. The summed E-state index contributed by atoms with van der Waals surface area (Å²) in [5, 5.41) is 0. The minimum Gasteiger partial charge on any atom is -0.463 e. The second-order valence-electron chi connectivity index (χ2n) is 4.43. The Labute approximate surface area is 106 Å². The number of esters is 1. The smallest absolute Gasteiger partial charge is 0.334 e. The lowest BCUT2D eigenvalue weighted by Gasteiger charge is -2.13. The van der Waals surface area contributed by atoms with E-state index >= 15 is 0 Å². The summed E-state index contributed by atoms with van der Waals surface area (Å²) in [7, 11) is 0. The van der Waals surface area contributed by atoms with Crippen molar-refractivity contribution >= 4 is 17.6 Å². The van der Waals surface area contributed by atoms with E-state index in [-0.39, 0.29) is 5.97 Å². The third-order valence-electron chi connectivity index (χ3n) is 3.32. The van der Waals surface area contributed by atoms with Gasteiger partial charge in [0.1, 0.15) is 0 Å². The molecule has 0 atom stereocenters. The summed E-state index contributed by atoms with van der Waals surface area (Å²) in [6.45, 7) is 2.26. The highest BCUT2D eigenvalue weighted by Crippen LogP contribution is 2.27. The molecule has 2 aromatic heterocycles. The Morgan fingerprint density at radius 3 is 3.11 bits per heavy atom. The highest BCUT2D eigenvalue weighted by atomic mass is 16.5. The summed E-state index contributed by atoms with van der Waals surface area (Å²) in [6.07, 6.45) is 5.67. The molecule has 3 nitrogen and oxygen atoms in total. The van der Waals surface area contributed by atoms with Gasteiger partial charge in [0.25, 0.3) is 0 Å². The van der Waals surface area contributed by atoms with Gasteiger partial charge in [-0.3, -0.25) is 0 Å². The van der Waals surface area contributed by atoms with Gasteiger partial charge in [0.15, 0.2) is 0 Å². The number of carbonyl (C=O) groups excluding carboxylic acids is 1.